The summed E-state index contributed by atoms with van der Waals surface area (Å²) in [5, 5.41) is 4.13. The van der Waals surface area contributed by atoms with Crippen LogP contribution in [0.25, 0.3) is 5.69 Å². The molecule has 18 heavy (non-hydrogen) atoms. The van der Waals surface area contributed by atoms with E-state index in [1.165, 1.54) is 23.2 Å². The summed E-state index contributed by atoms with van der Waals surface area (Å²) in [5.41, 5.74) is 1.81. The zero-order chi connectivity index (χ0) is 13.3. The maximum atomic E-state index is 13.2. The number of benzene rings is 1. The molecule has 0 aliphatic rings. The van der Waals surface area contributed by atoms with Gasteiger partial charge in [-0.1, -0.05) is 6.07 Å². The molecule has 0 fully saturated rings. The Bertz CT molecular complexity index is 590. The second-order valence-electron chi connectivity index (χ2n) is 4.23. The molecule has 0 aliphatic heterocycles. The lowest BCUT2D eigenvalue weighted by atomic mass is 10.2. The van der Waals surface area contributed by atoms with Gasteiger partial charge in [0.25, 0.3) is 5.91 Å². The molecule has 94 valence electrons. The molecule has 2 rings (SSSR count). The van der Waals surface area contributed by atoms with Crippen LogP contribution in [0.15, 0.2) is 30.5 Å². The summed E-state index contributed by atoms with van der Waals surface area (Å²) in [5.74, 6) is -0.446. The minimum atomic E-state index is -0.331. The highest BCUT2D eigenvalue weighted by molar-refractivity contribution is 5.94. The van der Waals surface area contributed by atoms with Gasteiger partial charge in [0.1, 0.15) is 5.82 Å². The standard InChI is InChI=1S/C13H14FN3O/c1-9-12(13(18)16(2)3)8-15-17(9)11-6-4-5-10(14)7-11/h4-8H,1-3H3. The van der Waals surface area contributed by atoms with Crippen LogP contribution in [0, 0.1) is 12.7 Å². The largest absolute Gasteiger partial charge is 0.345 e. The minimum absolute atomic E-state index is 0.116. The fourth-order valence-corrected chi connectivity index (χ4v) is 1.73. The van der Waals surface area contributed by atoms with Gasteiger partial charge in [0, 0.05) is 14.1 Å². The molecule has 1 heterocycles. The second-order valence-corrected chi connectivity index (χ2v) is 4.23. The number of amides is 1. The number of carbonyl (C=O) groups excluding carboxylic acids is 1. The molecule has 0 bridgehead atoms. The van der Waals surface area contributed by atoms with E-state index < -0.39 is 0 Å². The normalized spacial score (nSPS) is 10.4. The Balaban J connectivity index is 2.46. The zero-order valence-electron chi connectivity index (χ0n) is 10.5. The molecule has 1 amide bonds. The highest BCUT2D eigenvalue weighted by Crippen LogP contribution is 2.15. The van der Waals surface area contributed by atoms with Crippen molar-refractivity contribution in [2.24, 2.45) is 0 Å². The lowest BCUT2D eigenvalue weighted by Crippen LogP contribution is -2.22. The van der Waals surface area contributed by atoms with Crippen LogP contribution in [0.4, 0.5) is 4.39 Å². The van der Waals surface area contributed by atoms with E-state index in [-0.39, 0.29) is 11.7 Å². The molecule has 2 aromatic rings. The van der Waals surface area contributed by atoms with Gasteiger partial charge >= 0.3 is 0 Å². The van der Waals surface area contributed by atoms with Crippen LogP contribution in [0.3, 0.4) is 0 Å². The first-order valence-corrected chi connectivity index (χ1v) is 5.53. The third-order valence-corrected chi connectivity index (χ3v) is 2.70. The molecule has 0 aliphatic carbocycles. The second kappa shape index (κ2) is 4.60. The van der Waals surface area contributed by atoms with Crippen LogP contribution in [-0.4, -0.2) is 34.7 Å². The number of carbonyl (C=O) groups is 1. The van der Waals surface area contributed by atoms with Crippen LogP contribution in [0.2, 0.25) is 0 Å². The van der Waals surface area contributed by atoms with Gasteiger partial charge in [0.05, 0.1) is 23.1 Å². The molecule has 0 N–H and O–H groups in total. The number of rotatable bonds is 2. The van der Waals surface area contributed by atoms with E-state index >= 15 is 0 Å². The van der Waals surface area contributed by atoms with Crippen LogP contribution in [0.1, 0.15) is 16.1 Å². The Kier molecular flexibility index (Phi) is 3.14. The topological polar surface area (TPSA) is 38.1 Å². The lowest BCUT2D eigenvalue weighted by Gasteiger charge is -2.10. The number of hydrogen-bond donors (Lipinski definition) is 0. The van der Waals surface area contributed by atoms with Crippen molar-refractivity contribution in [3.8, 4) is 5.69 Å². The summed E-state index contributed by atoms with van der Waals surface area (Å²) < 4.78 is 14.7. The third-order valence-electron chi connectivity index (χ3n) is 2.70. The van der Waals surface area contributed by atoms with Crippen molar-refractivity contribution in [1.29, 1.82) is 0 Å². The molecule has 1 aromatic heterocycles. The Morgan fingerprint density at radius 2 is 2.11 bits per heavy atom. The number of hydrogen-bond acceptors (Lipinski definition) is 2. The van der Waals surface area contributed by atoms with Gasteiger partial charge in [-0.15, -0.1) is 0 Å². The molecule has 1 aromatic carbocycles. The van der Waals surface area contributed by atoms with Crippen LogP contribution in [-0.2, 0) is 0 Å². The van der Waals surface area contributed by atoms with E-state index in [2.05, 4.69) is 5.10 Å². The SMILES string of the molecule is Cc1c(C(=O)N(C)C)cnn1-c1cccc(F)c1. The quantitative estimate of drug-likeness (QED) is 0.814. The van der Waals surface area contributed by atoms with Gasteiger partial charge in [-0.25, -0.2) is 9.07 Å². The van der Waals surface area contributed by atoms with Crippen molar-refractivity contribution in [2.75, 3.05) is 14.1 Å². The van der Waals surface area contributed by atoms with Crippen molar-refractivity contribution >= 4 is 5.91 Å². The molecular weight excluding hydrogens is 233 g/mol. The Hall–Kier alpha value is -2.17. The maximum absolute atomic E-state index is 13.2. The van der Waals surface area contributed by atoms with Gasteiger partial charge in [0.2, 0.25) is 0 Å². The van der Waals surface area contributed by atoms with E-state index in [4.69, 9.17) is 0 Å². The van der Waals surface area contributed by atoms with E-state index in [1.807, 2.05) is 0 Å². The summed E-state index contributed by atoms with van der Waals surface area (Å²) in [6.07, 6.45) is 1.50. The third kappa shape index (κ3) is 2.11. The van der Waals surface area contributed by atoms with Crippen molar-refractivity contribution in [3.05, 3.63) is 47.5 Å². The minimum Gasteiger partial charge on any atom is -0.345 e. The van der Waals surface area contributed by atoms with Gasteiger partial charge < -0.3 is 4.90 Å². The molecule has 0 spiro atoms. The number of halogens is 1. The first kappa shape index (κ1) is 12.3. The van der Waals surface area contributed by atoms with Crippen LogP contribution < -0.4 is 0 Å². The van der Waals surface area contributed by atoms with Crippen molar-refractivity contribution in [3.63, 3.8) is 0 Å². The van der Waals surface area contributed by atoms with E-state index in [0.29, 0.717) is 16.9 Å². The van der Waals surface area contributed by atoms with Crippen LogP contribution in [0.5, 0.6) is 0 Å². The molecule has 0 radical (unpaired) electrons. The average molecular weight is 247 g/mol. The maximum Gasteiger partial charge on any atom is 0.256 e. The van der Waals surface area contributed by atoms with Crippen molar-refractivity contribution < 1.29 is 9.18 Å². The Labute approximate surface area is 105 Å². The zero-order valence-corrected chi connectivity index (χ0v) is 10.5. The fraction of sp³-hybridized carbons (Fsp3) is 0.231. The first-order valence-electron chi connectivity index (χ1n) is 5.53. The predicted molar refractivity (Wildman–Crippen MR) is 66.3 cm³/mol. The fourth-order valence-electron chi connectivity index (χ4n) is 1.73. The first-order chi connectivity index (χ1) is 8.50. The molecule has 0 unspecified atom stereocenters. The highest BCUT2D eigenvalue weighted by atomic mass is 19.1. The Morgan fingerprint density at radius 1 is 1.39 bits per heavy atom. The predicted octanol–water partition coefficient (Wildman–Crippen LogP) is 2.02. The summed E-state index contributed by atoms with van der Waals surface area (Å²) >= 11 is 0. The van der Waals surface area contributed by atoms with Gasteiger partial charge in [-0.3, -0.25) is 4.79 Å². The summed E-state index contributed by atoms with van der Waals surface area (Å²) in [6.45, 7) is 1.79. The smallest absolute Gasteiger partial charge is 0.256 e. The molecule has 0 saturated carbocycles. The number of aromatic nitrogens is 2. The van der Waals surface area contributed by atoms with E-state index in [1.54, 1.807) is 37.8 Å². The van der Waals surface area contributed by atoms with Gasteiger partial charge in [0.15, 0.2) is 0 Å². The summed E-state index contributed by atoms with van der Waals surface area (Å²) in [6, 6.07) is 6.10. The van der Waals surface area contributed by atoms with Gasteiger partial charge in [-0.2, -0.15) is 5.10 Å². The average Bonchev–Trinajstić information content (AvgIpc) is 2.70. The summed E-state index contributed by atoms with van der Waals surface area (Å²) in [4.78, 5) is 13.4. The summed E-state index contributed by atoms with van der Waals surface area (Å²) in [7, 11) is 3.36. The molecule has 0 saturated heterocycles. The molecular formula is C13H14FN3O. The van der Waals surface area contributed by atoms with Crippen LogP contribution >= 0.6 is 0 Å². The van der Waals surface area contributed by atoms with Crippen molar-refractivity contribution in [1.82, 2.24) is 14.7 Å². The Morgan fingerprint density at radius 3 is 2.72 bits per heavy atom. The van der Waals surface area contributed by atoms with E-state index in [0.717, 1.165) is 0 Å². The molecule has 4 nitrogen and oxygen atoms in total. The number of nitrogens with zero attached hydrogens (tertiary/aromatic N) is 3. The van der Waals surface area contributed by atoms with Gasteiger partial charge in [-0.05, 0) is 25.1 Å². The highest BCUT2D eigenvalue weighted by Gasteiger charge is 2.16. The van der Waals surface area contributed by atoms with E-state index in [9.17, 15) is 9.18 Å². The molecule has 0 atom stereocenters. The molecule has 5 heteroatoms. The van der Waals surface area contributed by atoms with Crippen molar-refractivity contribution in [2.45, 2.75) is 6.92 Å². The monoisotopic (exact) mass is 247 g/mol. The lowest BCUT2D eigenvalue weighted by molar-refractivity contribution is 0.0827.